The molecule has 0 bridgehead atoms. The molecule has 4 nitrogen and oxygen atoms in total. The average molecular weight is 151 g/mol. The molecule has 1 radical (unpaired) electrons. The van der Waals surface area contributed by atoms with Gasteiger partial charge in [-0.2, -0.15) is 0 Å². The number of hydrogen-bond donors (Lipinski definition) is 0. The minimum absolute atomic E-state index is 0.541. The first kappa shape index (κ1) is 6.88. The Morgan fingerprint density at radius 3 is 2.18 bits per heavy atom. The molecule has 0 aromatic heterocycles. The molecule has 11 heavy (non-hydrogen) atoms. The normalized spacial score (nSPS) is 26.5. The lowest BCUT2D eigenvalue weighted by atomic mass is 9.87. The maximum atomic E-state index is 3.87. The van der Waals surface area contributed by atoms with Gasteiger partial charge < -0.3 is 0 Å². The molecule has 0 aromatic carbocycles. The van der Waals surface area contributed by atoms with Gasteiger partial charge in [-0.15, -0.1) is 10.2 Å². The highest BCUT2D eigenvalue weighted by Gasteiger charge is 2.26. The summed E-state index contributed by atoms with van der Waals surface area (Å²) in [5.41, 5.74) is 0. The maximum Gasteiger partial charge on any atom is 0.246 e. The highest BCUT2D eigenvalue weighted by molar-refractivity contribution is 4.92. The van der Waals surface area contributed by atoms with Crippen molar-refractivity contribution in [2.45, 2.75) is 32.1 Å². The third-order valence-electron chi connectivity index (χ3n) is 2.30. The lowest BCUT2D eigenvalue weighted by molar-refractivity contribution is 0.363. The fraction of sp³-hybridized carbons (Fsp3) is 0.857. The second-order valence-corrected chi connectivity index (χ2v) is 3.07. The first-order valence-corrected chi connectivity index (χ1v) is 4.15. The van der Waals surface area contributed by atoms with Crippen molar-refractivity contribution in [3.63, 3.8) is 0 Å². The number of rotatable bonds is 1. The number of hydrogen-bond acceptors (Lipinski definition) is 4. The van der Waals surface area contributed by atoms with Gasteiger partial charge in [0, 0.05) is 5.92 Å². The Balaban J connectivity index is 1.92. The monoisotopic (exact) mass is 151 g/mol. The molecule has 1 aliphatic carbocycles. The van der Waals surface area contributed by atoms with Gasteiger partial charge in [0.2, 0.25) is 6.17 Å². The van der Waals surface area contributed by atoms with Crippen LogP contribution >= 0.6 is 0 Å². The largest absolute Gasteiger partial charge is 0.246 e. The maximum absolute atomic E-state index is 3.87. The van der Waals surface area contributed by atoms with E-state index in [-0.39, 0.29) is 0 Å². The average Bonchev–Trinajstić information content (AvgIpc) is 2.58. The smallest absolute Gasteiger partial charge is 0.129 e. The van der Waals surface area contributed by atoms with Crippen LogP contribution in [-0.2, 0) is 0 Å². The first-order valence-electron chi connectivity index (χ1n) is 4.15. The van der Waals surface area contributed by atoms with Gasteiger partial charge in [0.25, 0.3) is 0 Å². The van der Waals surface area contributed by atoms with E-state index in [1.54, 1.807) is 0 Å². The molecule has 1 heterocycles. The molecule has 0 atom stereocenters. The first-order chi connectivity index (χ1) is 5.47. The molecular formula is C7H11N4. The molecule has 0 amide bonds. The Bertz CT molecular complexity index is 169. The molecule has 59 valence electrons. The van der Waals surface area contributed by atoms with Crippen molar-refractivity contribution in [3.8, 4) is 0 Å². The molecular weight excluding hydrogens is 140 g/mol. The van der Waals surface area contributed by atoms with Crippen LogP contribution in [0.3, 0.4) is 0 Å². The summed E-state index contributed by atoms with van der Waals surface area (Å²) in [6, 6.07) is 0. The van der Waals surface area contributed by atoms with Crippen molar-refractivity contribution in [1.82, 2.24) is 0 Å². The highest BCUT2D eigenvalue weighted by atomic mass is 15.6. The molecule has 0 aromatic rings. The summed E-state index contributed by atoms with van der Waals surface area (Å²) in [7, 11) is 0. The van der Waals surface area contributed by atoms with Crippen molar-refractivity contribution < 1.29 is 0 Å². The molecule has 2 aliphatic rings. The van der Waals surface area contributed by atoms with Gasteiger partial charge >= 0.3 is 0 Å². The molecule has 0 saturated heterocycles. The Morgan fingerprint density at radius 1 is 0.909 bits per heavy atom. The van der Waals surface area contributed by atoms with Crippen LogP contribution in [-0.4, -0.2) is 0 Å². The summed E-state index contributed by atoms with van der Waals surface area (Å²) in [6.45, 7) is 0. The lowest BCUT2D eigenvalue weighted by Gasteiger charge is -2.20. The van der Waals surface area contributed by atoms with Crippen molar-refractivity contribution >= 4 is 0 Å². The van der Waals surface area contributed by atoms with Crippen molar-refractivity contribution in [1.29, 1.82) is 0 Å². The minimum atomic E-state index is 0.541. The Hall–Kier alpha value is -0.800. The van der Waals surface area contributed by atoms with Crippen molar-refractivity contribution in [2.24, 2.45) is 26.6 Å². The predicted octanol–water partition coefficient (Wildman–Crippen LogP) is 2.89. The van der Waals surface area contributed by atoms with E-state index < -0.39 is 0 Å². The van der Waals surface area contributed by atoms with E-state index in [4.69, 9.17) is 0 Å². The Morgan fingerprint density at radius 2 is 1.55 bits per heavy atom. The lowest BCUT2D eigenvalue weighted by Crippen LogP contribution is -2.11. The van der Waals surface area contributed by atoms with Gasteiger partial charge in [0.05, 0.1) is 0 Å². The van der Waals surface area contributed by atoms with Gasteiger partial charge in [0.1, 0.15) is 0 Å². The van der Waals surface area contributed by atoms with E-state index in [1.165, 1.54) is 32.1 Å². The van der Waals surface area contributed by atoms with Gasteiger partial charge in [0.15, 0.2) is 0 Å². The van der Waals surface area contributed by atoms with Gasteiger partial charge in [-0.05, 0) is 23.3 Å². The van der Waals surface area contributed by atoms with E-state index >= 15 is 0 Å². The molecule has 0 unspecified atom stereocenters. The molecule has 1 fully saturated rings. The van der Waals surface area contributed by atoms with Crippen LogP contribution < -0.4 is 0 Å². The molecule has 0 spiro atoms. The zero-order valence-electron chi connectivity index (χ0n) is 6.40. The molecule has 1 saturated carbocycles. The third kappa shape index (κ3) is 1.44. The van der Waals surface area contributed by atoms with Crippen LogP contribution in [0.2, 0.25) is 0 Å². The highest BCUT2D eigenvalue weighted by Crippen LogP contribution is 2.34. The third-order valence-corrected chi connectivity index (χ3v) is 2.30. The van der Waals surface area contributed by atoms with Crippen LogP contribution in [0.5, 0.6) is 0 Å². The predicted molar refractivity (Wildman–Crippen MR) is 39.5 cm³/mol. The summed E-state index contributed by atoms with van der Waals surface area (Å²) in [5.74, 6) is 0.541. The van der Waals surface area contributed by atoms with E-state index in [2.05, 4.69) is 20.7 Å². The quantitative estimate of drug-likeness (QED) is 0.553. The van der Waals surface area contributed by atoms with E-state index in [9.17, 15) is 0 Å². The van der Waals surface area contributed by atoms with E-state index in [0.29, 0.717) is 5.92 Å². The van der Waals surface area contributed by atoms with Gasteiger partial charge in [-0.25, -0.2) is 0 Å². The van der Waals surface area contributed by atoms with Gasteiger partial charge in [-0.1, -0.05) is 19.3 Å². The van der Waals surface area contributed by atoms with E-state index in [1.807, 2.05) is 0 Å². The van der Waals surface area contributed by atoms with Crippen LogP contribution in [0, 0.1) is 12.1 Å². The SMILES string of the molecule is C1CCC([C]2N=NN=N2)CC1. The fourth-order valence-corrected chi connectivity index (χ4v) is 1.68. The van der Waals surface area contributed by atoms with Gasteiger partial charge in [-0.3, -0.25) is 0 Å². The van der Waals surface area contributed by atoms with Crippen molar-refractivity contribution in [3.05, 3.63) is 6.17 Å². The molecule has 2 rings (SSSR count). The minimum Gasteiger partial charge on any atom is -0.129 e. The molecule has 4 heteroatoms. The van der Waals surface area contributed by atoms with Crippen LogP contribution in [0.15, 0.2) is 20.7 Å². The van der Waals surface area contributed by atoms with Crippen LogP contribution in [0.1, 0.15) is 32.1 Å². The zero-order valence-corrected chi connectivity index (χ0v) is 6.40. The topological polar surface area (TPSA) is 49.4 Å². The van der Waals surface area contributed by atoms with Crippen LogP contribution in [0.25, 0.3) is 0 Å². The standard InChI is InChI=1S/C7H11N4/c1-2-4-6(5-3-1)7-8-10-11-9-7/h6H,1-5H2. The second-order valence-electron chi connectivity index (χ2n) is 3.07. The summed E-state index contributed by atoms with van der Waals surface area (Å²) in [5, 5.41) is 14.7. The molecule has 1 aliphatic heterocycles. The van der Waals surface area contributed by atoms with Crippen molar-refractivity contribution in [2.75, 3.05) is 0 Å². The summed E-state index contributed by atoms with van der Waals surface area (Å²) in [4.78, 5) is 0. The van der Waals surface area contributed by atoms with Crippen LogP contribution in [0.4, 0.5) is 0 Å². The summed E-state index contributed by atoms with van der Waals surface area (Å²) < 4.78 is 0. The fourth-order valence-electron chi connectivity index (χ4n) is 1.68. The van der Waals surface area contributed by atoms with E-state index in [0.717, 1.165) is 6.17 Å². The molecule has 0 N–H and O–H groups in total. The number of nitrogens with zero attached hydrogens (tertiary/aromatic N) is 4. The second kappa shape index (κ2) is 3.07. The Kier molecular flexibility index (Phi) is 1.92. The summed E-state index contributed by atoms with van der Waals surface area (Å²) in [6.07, 6.45) is 7.25. The zero-order chi connectivity index (χ0) is 7.52. The summed E-state index contributed by atoms with van der Waals surface area (Å²) >= 11 is 0. The Labute approximate surface area is 65.8 Å².